The fourth-order valence-electron chi connectivity index (χ4n) is 3.83. The molecule has 0 N–H and O–H groups in total. The second kappa shape index (κ2) is 6.74. The molecule has 2 aliphatic heterocycles. The third-order valence-electron chi connectivity index (χ3n) is 5.58. The molecule has 0 radical (unpaired) electrons. The Bertz CT molecular complexity index is 1080. The lowest BCUT2D eigenvalue weighted by molar-refractivity contribution is -0.121. The third kappa shape index (κ3) is 3.16. The van der Waals surface area contributed by atoms with Crippen molar-refractivity contribution in [3.8, 4) is 11.5 Å². The molecule has 154 valence electrons. The minimum atomic E-state index is -3.75. The number of para-hydroxylation sites is 2. The molecule has 1 atom stereocenters. The molecule has 4 rings (SSSR count). The van der Waals surface area contributed by atoms with Crippen LogP contribution in [0.4, 0.5) is 5.69 Å². The van der Waals surface area contributed by atoms with Crippen molar-refractivity contribution in [2.75, 3.05) is 32.1 Å². The van der Waals surface area contributed by atoms with E-state index in [1.54, 1.807) is 36.2 Å². The molecule has 2 aromatic carbocycles. The summed E-state index contributed by atoms with van der Waals surface area (Å²) >= 11 is 0. The van der Waals surface area contributed by atoms with E-state index in [1.807, 2.05) is 32.0 Å². The van der Waals surface area contributed by atoms with Crippen LogP contribution in [0.25, 0.3) is 0 Å². The Labute approximate surface area is 170 Å². The van der Waals surface area contributed by atoms with Crippen molar-refractivity contribution in [3.05, 3.63) is 48.0 Å². The highest BCUT2D eigenvalue weighted by Crippen LogP contribution is 2.42. The summed E-state index contributed by atoms with van der Waals surface area (Å²) in [5.41, 5.74) is 0.686. The second-order valence-electron chi connectivity index (χ2n) is 7.95. The molecule has 8 heteroatoms. The van der Waals surface area contributed by atoms with E-state index in [0.29, 0.717) is 17.1 Å². The highest BCUT2D eigenvalue weighted by Gasteiger charge is 2.43. The fourth-order valence-corrected chi connectivity index (χ4v) is 5.06. The van der Waals surface area contributed by atoms with E-state index in [4.69, 9.17) is 9.47 Å². The summed E-state index contributed by atoms with van der Waals surface area (Å²) in [6.07, 6.45) is -0.414. The summed E-state index contributed by atoms with van der Waals surface area (Å²) in [6, 6.07) is 12.2. The Balaban J connectivity index is 1.57. The maximum absolute atomic E-state index is 13.2. The maximum Gasteiger partial charge on any atom is 0.242 e. The first-order valence-electron chi connectivity index (χ1n) is 9.40. The summed E-state index contributed by atoms with van der Waals surface area (Å²) < 4.78 is 39.1. The molecule has 0 saturated heterocycles. The van der Waals surface area contributed by atoms with Gasteiger partial charge in [-0.3, -0.25) is 4.79 Å². The molecule has 1 unspecified atom stereocenters. The molecule has 1 amide bonds. The molecule has 2 aromatic rings. The van der Waals surface area contributed by atoms with Gasteiger partial charge in [0.1, 0.15) is 12.7 Å². The summed E-state index contributed by atoms with van der Waals surface area (Å²) in [7, 11) is -0.529. The van der Waals surface area contributed by atoms with Gasteiger partial charge < -0.3 is 14.4 Å². The molecular formula is C21H24N2O5S. The van der Waals surface area contributed by atoms with Crippen LogP contribution in [0, 0.1) is 0 Å². The van der Waals surface area contributed by atoms with Gasteiger partial charge in [-0.25, -0.2) is 8.42 Å². The van der Waals surface area contributed by atoms with Gasteiger partial charge in [-0.15, -0.1) is 0 Å². The first-order chi connectivity index (χ1) is 13.6. The van der Waals surface area contributed by atoms with Crippen molar-refractivity contribution >= 4 is 21.6 Å². The zero-order valence-electron chi connectivity index (χ0n) is 16.9. The van der Waals surface area contributed by atoms with Gasteiger partial charge in [0, 0.05) is 19.8 Å². The lowest BCUT2D eigenvalue weighted by Gasteiger charge is -2.29. The smallest absolute Gasteiger partial charge is 0.242 e. The summed E-state index contributed by atoms with van der Waals surface area (Å²) in [5, 5.41) is 0. The number of nitrogens with zero attached hydrogens (tertiary/aromatic N) is 2. The van der Waals surface area contributed by atoms with Crippen molar-refractivity contribution in [2.24, 2.45) is 0 Å². The zero-order valence-corrected chi connectivity index (χ0v) is 17.7. The number of ether oxygens (including phenoxy) is 2. The van der Waals surface area contributed by atoms with Crippen LogP contribution in [0.15, 0.2) is 47.4 Å². The molecule has 2 heterocycles. The molecular weight excluding hydrogens is 392 g/mol. The van der Waals surface area contributed by atoms with Gasteiger partial charge in [-0.05, 0) is 49.7 Å². The van der Waals surface area contributed by atoms with Gasteiger partial charge >= 0.3 is 0 Å². The zero-order chi connectivity index (χ0) is 21.0. The normalized spacial score (nSPS) is 20.1. The average molecular weight is 416 g/mol. The van der Waals surface area contributed by atoms with Gasteiger partial charge in [0.25, 0.3) is 0 Å². The summed E-state index contributed by atoms with van der Waals surface area (Å²) in [5.74, 6) is 1.21. The lowest BCUT2D eigenvalue weighted by atomic mass is 9.86. The van der Waals surface area contributed by atoms with Crippen LogP contribution in [0.2, 0.25) is 0 Å². The van der Waals surface area contributed by atoms with Crippen LogP contribution < -0.4 is 14.4 Å². The van der Waals surface area contributed by atoms with Crippen molar-refractivity contribution in [1.29, 1.82) is 0 Å². The number of fused-ring (bicyclic) bond motifs is 2. The predicted molar refractivity (Wildman–Crippen MR) is 109 cm³/mol. The van der Waals surface area contributed by atoms with Gasteiger partial charge in [0.15, 0.2) is 11.5 Å². The van der Waals surface area contributed by atoms with Gasteiger partial charge in [0.2, 0.25) is 15.9 Å². The Morgan fingerprint density at radius 1 is 1.17 bits per heavy atom. The first-order valence-corrected chi connectivity index (χ1v) is 10.8. The first kappa shape index (κ1) is 19.7. The Morgan fingerprint density at radius 2 is 1.86 bits per heavy atom. The van der Waals surface area contributed by atoms with Crippen LogP contribution in [0.1, 0.15) is 19.4 Å². The fraction of sp³-hybridized carbons (Fsp3) is 0.381. The van der Waals surface area contributed by atoms with Gasteiger partial charge in [-0.1, -0.05) is 12.1 Å². The summed E-state index contributed by atoms with van der Waals surface area (Å²) in [6.45, 7) is 4.04. The molecule has 0 aromatic heterocycles. The highest BCUT2D eigenvalue weighted by molar-refractivity contribution is 7.89. The second-order valence-corrected chi connectivity index (χ2v) is 10.00. The number of anilines is 1. The Morgan fingerprint density at radius 3 is 2.59 bits per heavy atom. The highest BCUT2D eigenvalue weighted by atomic mass is 32.2. The van der Waals surface area contributed by atoms with Crippen LogP contribution >= 0.6 is 0 Å². The van der Waals surface area contributed by atoms with E-state index in [0.717, 1.165) is 5.69 Å². The molecule has 0 fully saturated rings. The number of hydrogen-bond acceptors (Lipinski definition) is 5. The van der Waals surface area contributed by atoms with Crippen molar-refractivity contribution < 1.29 is 22.7 Å². The number of likely N-dealkylation sites (N-methyl/N-ethyl adjacent to an activating group) is 2. The predicted octanol–water partition coefficient (Wildman–Crippen LogP) is 2.40. The van der Waals surface area contributed by atoms with Crippen molar-refractivity contribution in [1.82, 2.24) is 4.31 Å². The maximum atomic E-state index is 13.2. The number of hydrogen-bond donors (Lipinski definition) is 0. The molecule has 2 aliphatic rings. The standard InChI is InChI=1S/C21H24N2O5S/c1-21(2)16-11-15(9-10-17(16)23(4)20(21)24)29(25,26)22(3)12-14-13-27-18-7-5-6-8-19(18)28-14/h5-11,14H,12-13H2,1-4H3. The van der Waals surface area contributed by atoms with Crippen LogP contribution in [-0.2, 0) is 20.2 Å². The number of benzene rings is 2. The largest absolute Gasteiger partial charge is 0.486 e. The average Bonchev–Trinajstić information content (AvgIpc) is 2.88. The number of carbonyl (C=O) groups excluding carboxylic acids is 1. The van der Waals surface area contributed by atoms with Crippen LogP contribution in [-0.4, -0.2) is 52.0 Å². The minimum absolute atomic E-state index is 0.0539. The molecule has 0 saturated carbocycles. The summed E-state index contributed by atoms with van der Waals surface area (Å²) in [4.78, 5) is 14.2. The monoisotopic (exact) mass is 416 g/mol. The molecule has 0 spiro atoms. The van der Waals surface area contributed by atoms with Crippen molar-refractivity contribution in [3.63, 3.8) is 0 Å². The van der Waals surface area contributed by atoms with E-state index in [9.17, 15) is 13.2 Å². The lowest BCUT2D eigenvalue weighted by Crippen LogP contribution is -2.41. The van der Waals surface area contributed by atoms with E-state index in [1.165, 1.54) is 11.4 Å². The van der Waals surface area contributed by atoms with Crippen LogP contribution in [0.5, 0.6) is 11.5 Å². The van der Waals surface area contributed by atoms with E-state index >= 15 is 0 Å². The molecule has 29 heavy (non-hydrogen) atoms. The minimum Gasteiger partial charge on any atom is -0.486 e. The Kier molecular flexibility index (Phi) is 4.59. The van der Waals surface area contributed by atoms with Gasteiger partial charge in [-0.2, -0.15) is 4.31 Å². The molecule has 0 aliphatic carbocycles. The molecule has 7 nitrogen and oxygen atoms in total. The topological polar surface area (TPSA) is 76.2 Å². The molecule has 0 bridgehead atoms. The van der Waals surface area contributed by atoms with Crippen molar-refractivity contribution in [2.45, 2.75) is 30.3 Å². The quantitative estimate of drug-likeness (QED) is 0.765. The number of rotatable bonds is 4. The van der Waals surface area contributed by atoms with E-state index in [2.05, 4.69) is 0 Å². The van der Waals surface area contributed by atoms with Gasteiger partial charge in [0.05, 0.1) is 16.9 Å². The number of carbonyl (C=O) groups is 1. The third-order valence-corrected chi connectivity index (χ3v) is 7.40. The SMILES string of the molecule is CN1C(=O)C(C)(C)c2cc(S(=O)(=O)N(C)CC3COc4ccccc4O3)ccc21. The van der Waals surface area contributed by atoms with E-state index < -0.39 is 21.5 Å². The van der Waals surface area contributed by atoms with Crippen LogP contribution in [0.3, 0.4) is 0 Å². The number of sulfonamides is 1. The number of amides is 1. The van der Waals surface area contributed by atoms with E-state index in [-0.39, 0.29) is 24.0 Å². The Hall–Kier alpha value is -2.58.